The van der Waals surface area contributed by atoms with E-state index in [2.05, 4.69) is 50.4 Å². The number of hydrogen-bond acceptors (Lipinski definition) is 2. The zero-order valence-corrected chi connectivity index (χ0v) is 11.8. The highest BCUT2D eigenvalue weighted by Crippen LogP contribution is 2.23. The summed E-state index contributed by atoms with van der Waals surface area (Å²) in [5.74, 6) is 0.597. The van der Waals surface area contributed by atoms with Crippen molar-refractivity contribution >= 4 is 0 Å². The van der Waals surface area contributed by atoms with Crippen molar-refractivity contribution in [2.24, 2.45) is 0 Å². The molecule has 0 aliphatic carbocycles. The molecule has 1 aromatic rings. The molecular weight excluding hydrogens is 222 g/mol. The highest BCUT2D eigenvalue weighted by molar-refractivity contribution is 5.25. The maximum absolute atomic E-state index is 6.14. The molecule has 0 bridgehead atoms. The molecule has 2 rings (SSSR count). The van der Waals surface area contributed by atoms with Crippen LogP contribution >= 0.6 is 0 Å². The van der Waals surface area contributed by atoms with Gasteiger partial charge in [-0.15, -0.1) is 0 Å². The second-order valence-electron chi connectivity index (χ2n) is 5.55. The van der Waals surface area contributed by atoms with Gasteiger partial charge in [0.05, 0.1) is 12.2 Å². The topological polar surface area (TPSA) is 21.3 Å². The molecule has 1 heterocycles. The van der Waals surface area contributed by atoms with Crippen LogP contribution in [0.4, 0.5) is 0 Å². The molecule has 18 heavy (non-hydrogen) atoms. The molecule has 2 heteroatoms. The lowest BCUT2D eigenvalue weighted by atomic mass is 10.00. The van der Waals surface area contributed by atoms with Crippen molar-refractivity contribution < 1.29 is 4.74 Å². The Hall–Kier alpha value is -0.860. The number of nitrogens with one attached hydrogen (secondary N) is 1. The van der Waals surface area contributed by atoms with Gasteiger partial charge in [0.25, 0.3) is 0 Å². The lowest BCUT2D eigenvalue weighted by Crippen LogP contribution is -2.33. The van der Waals surface area contributed by atoms with E-state index in [1.165, 1.54) is 11.1 Å². The standard InChI is InChI=1S/C16H25NO/c1-12(2)14-4-6-15(7-5-14)13(3)18-16-8-10-17-11-9-16/h4-7,12-13,16-17H,8-11H2,1-3H3. The number of hydrogen-bond donors (Lipinski definition) is 1. The van der Waals surface area contributed by atoms with Gasteiger partial charge in [-0.1, -0.05) is 38.1 Å². The first-order valence-electron chi connectivity index (χ1n) is 7.13. The van der Waals surface area contributed by atoms with Crippen molar-refractivity contribution in [3.05, 3.63) is 35.4 Å². The van der Waals surface area contributed by atoms with Crippen LogP contribution in [0.1, 0.15) is 56.8 Å². The summed E-state index contributed by atoms with van der Waals surface area (Å²) in [6.45, 7) is 8.79. The van der Waals surface area contributed by atoms with Crippen LogP contribution in [0.15, 0.2) is 24.3 Å². The number of benzene rings is 1. The highest BCUT2D eigenvalue weighted by Gasteiger charge is 2.17. The molecule has 0 saturated carbocycles. The van der Waals surface area contributed by atoms with Gasteiger partial charge in [0.1, 0.15) is 0 Å². The molecule has 1 saturated heterocycles. The van der Waals surface area contributed by atoms with E-state index in [-0.39, 0.29) is 6.10 Å². The average Bonchev–Trinajstić information content (AvgIpc) is 2.40. The molecule has 1 atom stereocenters. The Bertz CT molecular complexity index is 352. The monoisotopic (exact) mass is 247 g/mol. The van der Waals surface area contributed by atoms with Crippen LogP contribution in [0.25, 0.3) is 0 Å². The molecular formula is C16H25NO. The number of piperidine rings is 1. The van der Waals surface area contributed by atoms with Crippen LogP contribution in [0.3, 0.4) is 0 Å². The minimum atomic E-state index is 0.203. The van der Waals surface area contributed by atoms with Gasteiger partial charge in [-0.2, -0.15) is 0 Å². The first kappa shape index (κ1) is 13.6. The summed E-state index contributed by atoms with van der Waals surface area (Å²) in [5, 5.41) is 3.37. The summed E-state index contributed by atoms with van der Waals surface area (Å²) in [4.78, 5) is 0. The van der Waals surface area contributed by atoms with E-state index < -0.39 is 0 Å². The normalized spacial score (nSPS) is 19.1. The van der Waals surface area contributed by atoms with Crippen LogP contribution in [0.5, 0.6) is 0 Å². The zero-order chi connectivity index (χ0) is 13.0. The molecule has 0 spiro atoms. The zero-order valence-electron chi connectivity index (χ0n) is 11.8. The molecule has 1 aromatic carbocycles. The van der Waals surface area contributed by atoms with Gasteiger partial charge in [-0.3, -0.25) is 0 Å². The molecule has 100 valence electrons. The summed E-state index contributed by atoms with van der Waals surface area (Å²) in [6, 6.07) is 8.87. The Morgan fingerprint density at radius 2 is 1.56 bits per heavy atom. The van der Waals surface area contributed by atoms with Gasteiger partial charge in [-0.25, -0.2) is 0 Å². The van der Waals surface area contributed by atoms with E-state index in [0.29, 0.717) is 12.0 Å². The molecule has 1 fully saturated rings. The smallest absolute Gasteiger partial charge is 0.0800 e. The SMILES string of the molecule is CC(C)c1ccc(C(C)OC2CCNCC2)cc1. The van der Waals surface area contributed by atoms with Gasteiger partial charge in [-0.05, 0) is 49.9 Å². The summed E-state index contributed by atoms with van der Waals surface area (Å²) < 4.78 is 6.14. The Kier molecular flexibility index (Phi) is 4.79. The number of ether oxygens (including phenoxy) is 1. The molecule has 0 amide bonds. The van der Waals surface area contributed by atoms with Crippen LogP contribution in [0.2, 0.25) is 0 Å². The minimum absolute atomic E-state index is 0.203. The predicted octanol–water partition coefficient (Wildman–Crippen LogP) is 3.64. The third-order valence-electron chi connectivity index (χ3n) is 3.76. The molecule has 1 aliphatic rings. The van der Waals surface area contributed by atoms with E-state index in [0.717, 1.165) is 25.9 Å². The molecule has 1 unspecified atom stereocenters. The van der Waals surface area contributed by atoms with Gasteiger partial charge in [0.15, 0.2) is 0 Å². The minimum Gasteiger partial charge on any atom is -0.370 e. The highest BCUT2D eigenvalue weighted by atomic mass is 16.5. The van der Waals surface area contributed by atoms with E-state index in [1.807, 2.05) is 0 Å². The van der Waals surface area contributed by atoms with Crippen LogP contribution < -0.4 is 5.32 Å². The second-order valence-corrected chi connectivity index (χ2v) is 5.55. The third-order valence-corrected chi connectivity index (χ3v) is 3.76. The lowest BCUT2D eigenvalue weighted by molar-refractivity contribution is -0.0186. The predicted molar refractivity (Wildman–Crippen MR) is 75.9 cm³/mol. The fourth-order valence-electron chi connectivity index (χ4n) is 2.45. The quantitative estimate of drug-likeness (QED) is 0.877. The van der Waals surface area contributed by atoms with E-state index in [4.69, 9.17) is 4.74 Å². The lowest BCUT2D eigenvalue weighted by Gasteiger charge is -2.26. The Morgan fingerprint density at radius 3 is 2.11 bits per heavy atom. The Labute approximate surface area is 111 Å². The van der Waals surface area contributed by atoms with Crippen molar-refractivity contribution in [3.63, 3.8) is 0 Å². The molecule has 0 radical (unpaired) electrons. The Morgan fingerprint density at radius 1 is 1.00 bits per heavy atom. The summed E-state index contributed by atoms with van der Waals surface area (Å²) in [7, 11) is 0. The van der Waals surface area contributed by atoms with Gasteiger partial charge >= 0.3 is 0 Å². The summed E-state index contributed by atoms with van der Waals surface area (Å²) in [6.07, 6.45) is 2.89. The summed E-state index contributed by atoms with van der Waals surface area (Å²) >= 11 is 0. The van der Waals surface area contributed by atoms with E-state index >= 15 is 0 Å². The largest absolute Gasteiger partial charge is 0.370 e. The first-order valence-corrected chi connectivity index (χ1v) is 7.13. The molecule has 1 N–H and O–H groups in total. The van der Waals surface area contributed by atoms with Crippen molar-refractivity contribution in [1.29, 1.82) is 0 Å². The van der Waals surface area contributed by atoms with Crippen molar-refractivity contribution in [2.75, 3.05) is 13.1 Å². The van der Waals surface area contributed by atoms with Crippen molar-refractivity contribution in [2.45, 2.75) is 51.7 Å². The maximum Gasteiger partial charge on any atom is 0.0800 e. The maximum atomic E-state index is 6.14. The van der Waals surface area contributed by atoms with Gasteiger partial charge < -0.3 is 10.1 Å². The molecule has 2 nitrogen and oxygen atoms in total. The van der Waals surface area contributed by atoms with Gasteiger partial charge in [0, 0.05) is 0 Å². The van der Waals surface area contributed by atoms with Crippen molar-refractivity contribution in [1.82, 2.24) is 5.32 Å². The third kappa shape index (κ3) is 3.56. The molecule has 1 aliphatic heterocycles. The first-order chi connectivity index (χ1) is 8.66. The van der Waals surface area contributed by atoms with E-state index in [1.54, 1.807) is 0 Å². The summed E-state index contributed by atoms with van der Waals surface area (Å²) in [5.41, 5.74) is 2.69. The molecule has 0 aromatic heterocycles. The average molecular weight is 247 g/mol. The van der Waals surface area contributed by atoms with Crippen LogP contribution in [-0.4, -0.2) is 19.2 Å². The second kappa shape index (κ2) is 6.35. The van der Waals surface area contributed by atoms with Crippen molar-refractivity contribution in [3.8, 4) is 0 Å². The Balaban J connectivity index is 1.93. The fraction of sp³-hybridized carbons (Fsp3) is 0.625. The van der Waals surface area contributed by atoms with Gasteiger partial charge in [0.2, 0.25) is 0 Å². The fourth-order valence-corrected chi connectivity index (χ4v) is 2.45. The number of rotatable bonds is 4. The van der Waals surface area contributed by atoms with E-state index in [9.17, 15) is 0 Å². The van der Waals surface area contributed by atoms with Crippen LogP contribution in [0, 0.1) is 0 Å². The van der Waals surface area contributed by atoms with Crippen LogP contribution in [-0.2, 0) is 4.74 Å².